The molecule has 6 heteroatoms. The third-order valence-electron chi connectivity index (χ3n) is 3.31. The molecule has 0 unspecified atom stereocenters. The number of carbonyl (C=O) groups excluding carboxylic acids is 1. The van der Waals surface area contributed by atoms with E-state index < -0.39 is 0 Å². The van der Waals surface area contributed by atoms with E-state index >= 15 is 0 Å². The Labute approximate surface area is 132 Å². The summed E-state index contributed by atoms with van der Waals surface area (Å²) in [6.45, 7) is 3.15. The number of carbonyl (C=O) groups is 1. The van der Waals surface area contributed by atoms with Gasteiger partial charge in [-0.3, -0.25) is 4.79 Å². The average molecular weight is 322 g/mol. The summed E-state index contributed by atoms with van der Waals surface area (Å²) in [5.74, 6) is -0.203. The zero-order chi connectivity index (χ0) is 14.7. The summed E-state index contributed by atoms with van der Waals surface area (Å²) < 4.78 is 4.97. The molecule has 0 atom stereocenters. The van der Waals surface area contributed by atoms with E-state index in [-0.39, 0.29) is 12.4 Å². The number of rotatable bonds is 7. The van der Waals surface area contributed by atoms with Crippen molar-refractivity contribution < 1.29 is 9.53 Å². The van der Waals surface area contributed by atoms with Crippen LogP contribution in [0, 0.1) is 0 Å². The number of aromatic nitrogens is 1. The molecule has 1 aliphatic rings. The van der Waals surface area contributed by atoms with Crippen LogP contribution in [0.1, 0.15) is 30.3 Å². The standard InChI is InChI=1S/C15H18N2O2S2/c1-2-19-14(18)8-11-10-21-15(16-11)17(12-5-6-12)9-13-4-3-7-20-13/h3-4,7,10,12H,2,5-6,8-9H2,1H3. The Kier molecular flexibility index (Phi) is 4.55. The second kappa shape index (κ2) is 6.58. The van der Waals surface area contributed by atoms with Crippen molar-refractivity contribution in [2.45, 2.75) is 38.8 Å². The molecule has 2 aromatic heterocycles. The minimum absolute atomic E-state index is 0.203. The summed E-state index contributed by atoms with van der Waals surface area (Å²) in [7, 11) is 0. The molecule has 1 aliphatic carbocycles. The van der Waals surface area contributed by atoms with E-state index in [0.717, 1.165) is 17.4 Å². The largest absolute Gasteiger partial charge is 0.466 e. The fourth-order valence-corrected chi connectivity index (χ4v) is 3.78. The van der Waals surface area contributed by atoms with Crippen LogP contribution in [-0.2, 0) is 22.5 Å². The van der Waals surface area contributed by atoms with E-state index in [2.05, 4.69) is 27.4 Å². The predicted octanol–water partition coefficient (Wildman–Crippen LogP) is 3.48. The molecule has 3 rings (SSSR count). The zero-order valence-electron chi connectivity index (χ0n) is 11.9. The number of hydrogen-bond donors (Lipinski definition) is 0. The molecule has 0 spiro atoms. The van der Waals surface area contributed by atoms with Gasteiger partial charge in [-0.05, 0) is 31.2 Å². The van der Waals surface area contributed by atoms with Crippen LogP contribution in [0.3, 0.4) is 0 Å². The van der Waals surface area contributed by atoms with Crippen molar-refractivity contribution in [2.24, 2.45) is 0 Å². The van der Waals surface area contributed by atoms with E-state index in [4.69, 9.17) is 4.74 Å². The molecule has 2 heterocycles. The predicted molar refractivity (Wildman–Crippen MR) is 86.0 cm³/mol. The minimum atomic E-state index is -0.203. The summed E-state index contributed by atoms with van der Waals surface area (Å²) >= 11 is 3.40. The van der Waals surface area contributed by atoms with Crippen molar-refractivity contribution >= 4 is 33.8 Å². The van der Waals surface area contributed by atoms with E-state index in [0.29, 0.717) is 12.6 Å². The van der Waals surface area contributed by atoms with Crippen molar-refractivity contribution in [2.75, 3.05) is 11.5 Å². The first-order chi connectivity index (χ1) is 10.3. The van der Waals surface area contributed by atoms with Crippen LogP contribution < -0.4 is 4.90 Å². The molecular formula is C15H18N2O2S2. The van der Waals surface area contributed by atoms with E-state index in [1.807, 2.05) is 12.3 Å². The lowest BCUT2D eigenvalue weighted by molar-refractivity contribution is -0.142. The highest BCUT2D eigenvalue weighted by molar-refractivity contribution is 7.13. The summed E-state index contributed by atoms with van der Waals surface area (Å²) in [6, 6.07) is 4.85. The molecule has 2 aromatic rings. The van der Waals surface area contributed by atoms with Gasteiger partial charge in [0.05, 0.1) is 25.3 Å². The first kappa shape index (κ1) is 14.5. The molecule has 112 valence electrons. The maximum atomic E-state index is 11.5. The van der Waals surface area contributed by atoms with Gasteiger partial charge in [-0.15, -0.1) is 22.7 Å². The smallest absolute Gasteiger partial charge is 0.311 e. The van der Waals surface area contributed by atoms with Gasteiger partial charge in [0.2, 0.25) is 0 Å². The minimum Gasteiger partial charge on any atom is -0.466 e. The summed E-state index contributed by atoms with van der Waals surface area (Å²) in [6.07, 6.45) is 2.73. The fourth-order valence-electron chi connectivity index (χ4n) is 2.18. The molecule has 0 aliphatic heterocycles. The van der Waals surface area contributed by atoms with Crippen molar-refractivity contribution in [3.05, 3.63) is 33.5 Å². The quantitative estimate of drug-likeness (QED) is 0.732. The van der Waals surface area contributed by atoms with Gasteiger partial charge in [0.25, 0.3) is 0 Å². The van der Waals surface area contributed by atoms with E-state index in [1.165, 1.54) is 17.7 Å². The SMILES string of the molecule is CCOC(=O)Cc1csc(N(Cc2cccs2)C2CC2)n1. The lowest BCUT2D eigenvalue weighted by atomic mass is 10.3. The fraction of sp³-hybridized carbons (Fsp3) is 0.467. The highest BCUT2D eigenvalue weighted by Crippen LogP contribution is 2.35. The Hall–Kier alpha value is -1.40. The maximum Gasteiger partial charge on any atom is 0.311 e. The van der Waals surface area contributed by atoms with Gasteiger partial charge in [0, 0.05) is 16.3 Å². The molecule has 4 nitrogen and oxygen atoms in total. The van der Waals surface area contributed by atoms with Gasteiger partial charge in [-0.25, -0.2) is 4.98 Å². The monoisotopic (exact) mass is 322 g/mol. The third-order valence-corrected chi connectivity index (χ3v) is 5.10. The van der Waals surface area contributed by atoms with E-state index in [1.54, 1.807) is 22.7 Å². The van der Waals surface area contributed by atoms with Gasteiger partial charge >= 0.3 is 5.97 Å². The second-order valence-corrected chi connectivity index (χ2v) is 6.91. The Balaban J connectivity index is 1.68. The summed E-state index contributed by atoms with van der Waals surface area (Å²) in [5.41, 5.74) is 0.810. The normalized spacial score (nSPS) is 14.1. The van der Waals surface area contributed by atoms with Gasteiger partial charge in [-0.2, -0.15) is 0 Å². The molecule has 1 fully saturated rings. The van der Waals surface area contributed by atoms with Crippen LogP contribution in [0.5, 0.6) is 0 Å². The number of ether oxygens (including phenoxy) is 1. The van der Waals surface area contributed by atoms with Crippen LogP contribution in [0.4, 0.5) is 5.13 Å². The van der Waals surface area contributed by atoms with Crippen LogP contribution in [0.25, 0.3) is 0 Å². The van der Waals surface area contributed by atoms with Crippen LogP contribution in [-0.4, -0.2) is 23.6 Å². The number of esters is 1. The summed E-state index contributed by atoms with van der Waals surface area (Å²) in [5, 5.41) is 5.09. The van der Waals surface area contributed by atoms with Gasteiger partial charge in [0.15, 0.2) is 5.13 Å². The average Bonchev–Trinajstić information content (AvgIpc) is 2.98. The Morgan fingerprint density at radius 2 is 2.33 bits per heavy atom. The lowest BCUT2D eigenvalue weighted by Gasteiger charge is -2.20. The number of anilines is 1. The topological polar surface area (TPSA) is 42.4 Å². The van der Waals surface area contributed by atoms with Gasteiger partial charge in [0.1, 0.15) is 0 Å². The Morgan fingerprint density at radius 3 is 3.00 bits per heavy atom. The Morgan fingerprint density at radius 1 is 1.48 bits per heavy atom. The zero-order valence-corrected chi connectivity index (χ0v) is 13.6. The molecule has 1 saturated carbocycles. The van der Waals surface area contributed by atoms with E-state index in [9.17, 15) is 4.79 Å². The van der Waals surface area contributed by atoms with Crippen molar-refractivity contribution in [1.82, 2.24) is 4.98 Å². The van der Waals surface area contributed by atoms with Crippen molar-refractivity contribution in [3.63, 3.8) is 0 Å². The molecule has 21 heavy (non-hydrogen) atoms. The van der Waals surface area contributed by atoms with Gasteiger partial charge in [-0.1, -0.05) is 6.07 Å². The van der Waals surface area contributed by atoms with Crippen molar-refractivity contribution in [3.8, 4) is 0 Å². The molecule has 0 radical (unpaired) electrons. The van der Waals surface area contributed by atoms with Gasteiger partial charge < -0.3 is 9.64 Å². The third kappa shape index (κ3) is 3.83. The van der Waals surface area contributed by atoms with Crippen molar-refractivity contribution in [1.29, 1.82) is 0 Å². The molecular weight excluding hydrogens is 304 g/mol. The molecule has 0 amide bonds. The number of thiazole rings is 1. The summed E-state index contributed by atoms with van der Waals surface area (Å²) in [4.78, 5) is 19.9. The number of nitrogens with zero attached hydrogens (tertiary/aromatic N) is 2. The molecule has 0 saturated heterocycles. The first-order valence-electron chi connectivity index (χ1n) is 7.15. The molecule has 0 N–H and O–H groups in total. The first-order valence-corrected chi connectivity index (χ1v) is 8.91. The van der Waals surface area contributed by atoms with Crippen LogP contribution in [0.2, 0.25) is 0 Å². The highest BCUT2D eigenvalue weighted by Gasteiger charge is 2.31. The number of hydrogen-bond acceptors (Lipinski definition) is 6. The maximum absolute atomic E-state index is 11.5. The molecule has 0 aromatic carbocycles. The van der Waals surface area contributed by atoms with Crippen LogP contribution >= 0.6 is 22.7 Å². The highest BCUT2D eigenvalue weighted by atomic mass is 32.1. The second-order valence-electron chi connectivity index (χ2n) is 5.04. The lowest BCUT2D eigenvalue weighted by Crippen LogP contribution is -2.24. The van der Waals surface area contributed by atoms with Crippen LogP contribution in [0.15, 0.2) is 22.9 Å². The number of thiophene rings is 1. The Bertz CT molecular complexity index is 591. The molecule has 0 bridgehead atoms.